The predicted octanol–water partition coefficient (Wildman–Crippen LogP) is 10.1. The molecule has 6 rings (SSSR count). The molecule has 2 aliphatic rings. The lowest BCUT2D eigenvalue weighted by atomic mass is 10.0. The van der Waals surface area contributed by atoms with Crippen LogP contribution in [0.3, 0.4) is 0 Å². The maximum Gasteiger partial charge on any atom is 0.0196 e. The summed E-state index contributed by atoms with van der Waals surface area (Å²) in [4.78, 5) is 0. The largest absolute Gasteiger partial charge is 0.241 e. The van der Waals surface area contributed by atoms with E-state index in [4.69, 9.17) is 0 Å². The summed E-state index contributed by atoms with van der Waals surface area (Å²) in [6.07, 6.45) is 5.03. The highest BCUT2D eigenvalue weighted by Gasteiger charge is 2.50. The van der Waals surface area contributed by atoms with Crippen molar-refractivity contribution in [3.8, 4) is 0 Å². The van der Waals surface area contributed by atoms with E-state index < -0.39 is 16.1 Å². The summed E-state index contributed by atoms with van der Waals surface area (Å²) < 4.78 is 2.97. The van der Waals surface area contributed by atoms with Gasteiger partial charge in [0.05, 0.1) is 0 Å². The molecule has 2 fully saturated rings. The zero-order chi connectivity index (χ0) is 25.9. The van der Waals surface area contributed by atoms with E-state index in [1.807, 2.05) is 0 Å². The van der Waals surface area contributed by atoms with Gasteiger partial charge in [-0.05, 0) is 47.9 Å². The van der Waals surface area contributed by atoms with Gasteiger partial charge in [-0.15, -0.1) is 0 Å². The molecule has 0 saturated carbocycles. The first-order valence-electron chi connectivity index (χ1n) is 14.0. The molecule has 4 heteroatoms. The Kier molecular flexibility index (Phi) is 8.05. The summed E-state index contributed by atoms with van der Waals surface area (Å²) in [6, 6.07) is 45.6. The summed E-state index contributed by atoms with van der Waals surface area (Å²) in [6.45, 7) is 0. The first-order valence-corrected chi connectivity index (χ1v) is 16.8. The Morgan fingerprint density at radius 1 is 0.421 bits per heavy atom. The molecule has 4 aromatic carbocycles. The van der Waals surface area contributed by atoms with Crippen molar-refractivity contribution in [1.29, 1.82) is 0 Å². The number of hydrogen-bond acceptors (Lipinski definition) is 2. The van der Waals surface area contributed by atoms with Crippen molar-refractivity contribution >= 4 is 16.1 Å². The zero-order valence-corrected chi connectivity index (χ0v) is 24.3. The zero-order valence-electron chi connectivity index (χ0n) is 22.5. The molecule has 0 N–H and O–H groups in total. The highest BCUT2D eigenvalue weighted by molar-refractivity contribution is 7.71. The third-order valence-electron chi connectivity index (χ3n) is 8.21. The van der Waals surface area contributed by atoms with Gasteiger partial charge >= 0.3 is 0 Å². The quantitative estimate of drug-likeness (QED) is 0.171. The third kappa shape index (κ3) is 5.13. The standard InChI is InChI=1S/C34H38N2P2/c1-35(2)36(37-31(27-15-7-3-8-16-27)23-24-32(37)28-17-9-4-10-18-28)38-33(29-19-11-5-12-20-29)25-26-34(38)30-21-13-6-14-22-30/h3-22,31-34H,23-26H2,1-2H3/t31-,32-,33-,34-/m0/s1. The normalized spacial score (nSPS) is 24.4. The summed E-state index contributed by atoms with van der Waals surface area (Å²) in [5.41, 5.74) is 8.39. The molecule has 0 unspecified atom stereocenters. The van der Waals surface area contributed by atoms with Crippen molar-refractivity contribution in [1.82, 2.24) is 9.56 Å². The van der Waals surface area contributed by atoms with Crippen LogP contribution in [0.2, 0.25) is 0 Å². The van der Waals surface area contributed by atoms with Crippen molar-refractivity contribution in [2.45, 2.75) is 48.3 Å². The van der Waals surface area contributed by atoms with Crippen molar-refractivity contribution in [3.63, 3.8) is 0 Å². The van der Waals surface area contributed by atoms with Gasteiger partial charge in [-0.25, -0.2) is 5.01 Å². The van der Waals surface area contributed by atoms with Gasteiger partial charge in [-0.2, -0.15) is 4.55 Å². The maximum atomic E-state index is 2.97. The molecule has 2 aliphatic heterocycles. The fraction of sp³-hybridized carbons (Fsp3) is 0.294. The highest BCUT2D eigenvalue weighted by atomic mass is 31.2. The fourth-order valence-corrected chi connectivity index (χ4v) is 15.3. The van der Waals surface area contributed by atoms with Crippen LogP contribution >= 0.6 is 16.1 Å². The lowest BCUT2D eigenvalue weighted by molar-refractivity contribution is 0.238. The summed E-state index contributed by atoms with van der Waals surface area (Å²) in [5.74, 6) is 0. The number of nitrogens with zero attached hydrogens (tertiary/aromatic N) is 2. The smallest absolute Gasteiger partial charge is 0.0196 e. The molecule has 4 aromatic rings. The minimum absolute atomic E-state index is 0.484. The minimum atomic E-state index is -0.484. The molecular weight excluding hydrogens is 498 g/mol. The van der Waals surface area contributed by atoms with E-state index in [0.717, 1.165) is 0 Å². The van der Waals surface area contributed by atoms with E-state index in [9.17, 15) is 0 Å². The molecule has 0 aromatic heterocycles. The van der Waals surface area contributed by atoms with Crippen molar-refractivity contribution in [3.05, 3.63) is 144 Å². The summed E-state index contributed by atoms with van der Waals surface area (Å²) >= 11 is 0. The molecular formula is C34H38N2P2. The third-order valence-corrected chi connectivity index (χ3v) is 15.8. The van der Waals surface area contributed by atoms with Crippen molar-refractivity contribution in [2.75, 3.05) is 14.1 Å². The lowest BCUT2D eigenvalue weighted by Gasteiger charge is -2.48. The second-order valence-electron chi connectivity index (χ2n) is 10.7. The van der Waals surface area contributed by atoms with Crippen LogP contribution in [-0.4, -0.2) is 23.7 Å². The van der Waals surface area contributed by atoms with Gasteiger partial charge in [0.2, 0.25) is 0 Å². The van der Waals surface area contributed by atoms with Gasteiger partial charge in [-0.3, -0.25) is 0 Å². The Bertz CT molecular complexity index is 1090. The Balaban J connectivity index is 1.49. The van der Waals surface area contributed by atoms with Crippen LogP contribution in [-0.2, 0) is 0 Å². The Morgan fingerprint density at radius 3 is 0.868 bits per heavy atom. The number of rotatable bonds is 7. The average molecular weight is 537 g/mol. The predicted molar refractivity (Wildman–Crippen MR) is 165 cm³/mol. The first-order chi connectivity index (χ1) is 18.7. The molecule has 2 heterocycles. The SMILES string of the molecule is CN(C)N(P1[C@H](c2ccccc2)CC[C@H]1c1ccccc1)P1[C@H](c2ccccc2)CC[C@H]1c1ccccc1. The van der Waals surface area contributed by atoms with E-state index in [1.54, 1.807) is 0 Å². The van der Waals surface area contributed by atoms with Crippen LogP contribution in [0.4, 0.5) is 0 Å². The van der Waals surface area contributed by atoms with E-state index >= 15 is 0 Å². The van der Waals surface area contributed by atoms with Gasteiger partial charge in [0.25, 0.3) is 0 Å². The molecule has 0 aliphatic carbocycles. The molecule has 2 saturated heterocycles. The van der Waals surface area contributed by atoms with Gasteiger partial charge in [0.1, 0.15) is 0 Å². The Labute approximate surface area is 231 Å². The molecule has 0 bridgehead atoms. The molecule has 4 atom stereocenters. The Hall–Kier alpha value is -2.34. The van der Waals surface area contributed by atoms with Gasteiger partial charge in [-0.1, -0.05) is 121 Å². The molecule has 0 amide bonds. The van der Waals surface area contributed by atoms with Crippen LogP contribution in [0.15, 0.2) is 121 Å². The van der Waals surface area contributed by atoms with Crippen LogP contribution in [0, 0.1) is 0 Å². The number of hydrazine groups is 1. The lowest BCUT2D eigenvalue weighted by Crippen LogP contribution is -2.31. The summed E-state index contributed by atoms with van der Waals surface area (Å²) in [7, 11) is 3.66. The highest BCUT2D eigenvalue weighted by Crippen LogP contribution is 2.83. The van der Waals surface area contributed by atoms with E-state index in [0.29, 0.717) is 22.6 Å². The van der Waals surface area contributed by atoms with E-state index in [2.05, 4.69) is 145 Å². The maximum absolute atomic E-state index is 2.97. The average Bonchev–Trinajstić information content (AvgIpc) is 3.61. The van der Waals surface area contributed by atoms with Crippen LogP contribution in [0.5, 0.6) is 0 Å². The Morgan fingerprint density at radius 2 is 0.658 bits per heavy atom. The second kappa shape index (κ2) is 11.8. The topological polar surface area (TPSA) is 6.48 Å². The minimum Gasteiger partial charge on any atom is -0.241 e. The molecule has 194 valence electrons. The van der Waals surface area contributed by atoms with Gasteiger partial charge in [0.15, 0.2) is 0 Å². The van der Waals surface area contributed by atoms with Crippen LogP contribution in [0.1, 0.15) is 70.6 Å². The summed E-state index contributed by atoms with van der Waals surface area (Å²) in [5, 5.41) is 2.51. The number of hydrogen-bond donors (Lipinski definition) is 0. The van der Waals surface area contributed by atoms with Gasteiger partial charge in [0, 0.05) is 52.9 Å². The fourth-order valence-electron chi connectivity index (χ4n) is 6.60. The number of benzene rings is 4. The second-order valence-corrected chi connectivity index (χ2v) is 15.8. The molecule has 38 heavy (non-hydrogen) atoms. The van der Waals surface area contributed by atoms with Crippen LogP contribution in [0.25, 0.3) is 0 Å². The monoisotopic (exact) mass is 536 g/mol. The first kappa shape index (κ1) is 25.9. The van der Waals surface area contributed by atoms with Crippen molar-refractivity contribution < 1.29 is 0 Å². The van der Waals surface area contributed by atoms with Gasteiger partial charge < -0.3 is 0 Å². The molecule has 0 spiro atoms. The van der Waals surface area contributed by atoms with E-state index in [-0.39, 0.29) is 0 Å². The van der Waals surface area contributed by atoms with E-state index in [1.165, 1.54) is 47.9 Å². The van der Waals surface area contributed by atoms with Crippen LogP contribution < -0.4 is 0 Å². The molecule has 2 nitrogen and oxygen atoms in total. The molecule has 0 radical (unpaired) electrons. The van der Waals surface area contributed by atoms with Crippen molar-refractivity contribution in [2.24, 2.45) is 0 Å².